The van der Waals surface area contributed by atoms with Crippen molar-refractivity contribution in [1.29, 1.82) is 0 Å². The molecule has 0 atom stereocenters. The third kappa shape index (κ3) is 7.10. The van der Waals surface area contributed by atoms with Crippen LogP contribution in [0.3, 0.4) is 0 Å². The summed E-state index contributed by atoms with van der Waals surface area (Å²) in [4.78, 5) is 2.43. The van der Waals surface area contributed by atoms with Gasteiger partial charge in [0.05, 0.1) is 5.69 Å². The van der Waals surface area contributed by atoms with Crippen molar-refractivity contribution in [1.82, 2.24) is 0 Å². The lowest BCUT2D eigenvalue weighted by atomic mass is 9.93. The van der Waals surface area contributed by atoms with Gasteiger partial charge in [-0.3, -0.25) is 0 Å². The van der Waals surface area contributed by atoms with Gasteiger partial charge in [0.2, 0.25) is 0 Å². The summed E-state index contributed by atoms with van der Waals surface area (Å²) < 4.78 is 0. The number of hydrogen-bond donors (Lipinski definition) is 0. The second kappa shape index (κ2) is 16.3. The van der Waals surface area contributed by atoms with Crippen molar-refractivity contribution < 1.29 is 0 Å². The van der Waals surface area contributed by atoms with E-state index < -0.39 is 0 Å². The van der Waals surface area contributed by atoms with Crippen molar-refractivity contribution in [3.8, 4) is 55.6 Å². The van der Waals surface area contributed by atoms with E-state index in [2.05, 4.69) is 266 Å². The summed E-state index contributed by atoms with van der Waals surface area (Å²) in [5.74, 6) is 0. The van der Waals surface area contributed by atoms with Crippen LogP contribution in [0, 0.1) is 0 Å². The molecule has 0 saturated heterocycles. The van der Waals surface area contributed by atoms with E-state index in [9.17, 15) is 0 Å². The Balaban J connectivity index is 0.976. The van der Waals surface area contributed by atoms with Gasteiger partial charge in [-0.25, -0.2) is 0 Å². The van der Waals surface area contributed by atoms with Gasteiger partial charge in [0.15, 0.2) is 0 Å². The molecule has 1 heteroatoms. The molecule has 0 unspecified atom stereocenters. The molecule has 0 saturated carbocycles. The van der Waals surface area contributed by atoms with E-state index in [1.54, 1.807) is 0 Å². The monoisotopic (exact) mass is 825 g/mol. The van der Waals surface area contributed by atoms with Crippen LogP contribution in [0.5, 0.6) is 0 Å². The largest absolute Gasteiger partial charge is 0.310 e. The van der Waals surface area contributed by atoms with E-state index in [4.69, 9.17) is 0 Å². The fourth-order valence-corrected chi connectivity index (χ4v) is 9.77. The molecule has 12 rings (SSSR count). The third-order valence-electron chi connectivity index (χ3n) is 13.1. The third-order valence-corrected chi connectivity index (χ3v) is 13.1. The quantitative estimate of drug-likeness (QED) is 0.138. The van der Waals surface area contributed by atoms with Crippen molar-refractivity contribution in [2.24, 2.45) is 0 Å². The predicted octanol–water partition coefficient (Wildman–Crippen LogP) is 18.1. The van der Waals surface area contributed by atoms with Crippen molar-refractivity contribution in [3.05, 3.63) is 261 Å². The Labute approximate surface area is 379 Å². The van der Waals surface area contributed by atoms with E-state index in [0.29, 0.717) is 0 Å². The molecule has 0 fully saturated rings. The highest BCUT2D eigenvalue weighted by atomic mass is 15.1. The van der Waals surface area contributed by atoms with Crippen LogP contribution in [0.1, 0.15) is 0 Å². The minimum atomic E-state index is 1.08. The lowest BCUT2D eigenvalue weighted by molar-refractivity contribution is 1.28. The summed E-state index contributed by atoms with van der Waals surface area (Å²) >= 11 is 0. The Kier molecular flexibility index (Phi) is 9.58. The molecule has 0 bridgehead atoms. The van der Waals surface area contributed by atoms with Crippen LogP contribution in [0.2, 0.25) is 0 Å². The van der Waals surface area contributed by atoms with Gasteiger partial charge < -0.3 is 4.90 Å². The van der Waals surface area contributed by atoms with Crippen LogP contribution >= 0.6 is 0 Å². The zero-order chi connectivity index (χ0) is 43.1. The molecular weight excluding hydrogens is 783 g/mol. The van der Waals surface area contributed by atoms with Gasteiger partial charge in [-0.05, 0) is 130 Å². The molecule has 0 N–H and O–H groups in total. The lowest BCUT2D eigenvalue weighted by Crippen LogP contribution is -2.11. The van der Waals surface area contributed by atoms with Gasteiger partial charge in [-0.2, -0.15) is 0 Å². The summed E-state index contributed by atoms with van der Waals surface area (Å²) in [5.41, 5.74) is 15.2. The first-order valence-electron chi connectivity index (χ1n) is 22.4. The Bertz CT molecular complexity index is 3670. The summed E-state index contributed by atoms with van der Waals surface area (Å²) in [6.45, 7) is 0. The van der Waals surface area contributed by atoms with Crippen LogP contribution < -0.4 is 4.90 Å². The Morgan fingerprint density at radius 2 is 0.615 bits per heavy atom. The maximum Gasteiger partial charge on any atom is 0.0546 e. The first-order valence-corrected chi connectivity index (χ1v) is 22.4. The second-order valence-electron chi connectivity index (χ2n) is 16.9. The van der Waals surface area contributed by atoms with Gasteiger partial charge in [0.1, 0.15) is 0 Å². The van der Waals surface area contributed by atoms with Gasteiger partial charge in [-0.1, -0.05) is 224 Å². The van der Waals surface area contributed by atoms with Crippen LogP contribution in [-0.2, 0) is 0 Å². The first-order chi connectivity index (χ1) is 32.2. The molecule has 0 radical (unpaired) electrons. The van der Waals surface area contributed by atoms with Crippen LogP contribution in [0.4, 0.5) is 17.1 Å². The van der Waals surface area contributed by atoms with Crippen LogP contribution in [0.15, 0.2) is 261 Å². The van der Waals surface area contributed by atoms with E-state index in [1.807, 2.05) is 0 Å². The summed E-state index contributed by atoms with van der Waals surface area (Å²) in [7, 11) is 0. The van der Waals surface area contributed by atoms with Crippen molar-refractivity contribution in [2.45, 2.75) is 0 Å². The fraction of sp³-hybridized carbons (Fsp3) is 0. The molecule has 304 valence electrons. The molecule has 1 nitrogen and oxygen atoms in total. The molecule has 12 aromatic rings. The molecule has 12 aromatic carbocycles. The number of benzene rings is 12. The van der Waals surface area contributed by atoms with Crippen molar-refractivity contribution in [2.75, 3.05) is 4.90 Å². The standard InChI is InChI=1S/C64H43N/c1-2-12-49(13-3-1)63-41-35-54(61-23-11-18-48-15-5-8-20-58(48)61)43-64(63)65(56-38-32-46(33-39-56)52-34-40-62-53(42-52)29-28-50-16-6-9-21-59(50)62)55-36-30-45(31-37-55)44-24-26-51(27-25-44)60-22-10-17-47-14-4-7-19-57(47)60/h1-43H. The van der Waals surface area contributed by atoms with E-state index in [1.165, 1.54) is 93.2 Å². The Morgan fingerprint density at radius 1 is 0.200 bits per heavy atom. The van der Waals surface area contributed by atoms with E-state index in [-0.39, 0.29) is 0 Å². The minimum Gasteiger partial charge on any atom is -0.310 e. The van der Waals surface area contributed by atoms with Gasteiger partial charge in [0.25, 0.3) is 0 Å². The van der Waals surface area contributed by atoms with Gasteiger partial charge >= 0.3 is 0 Å². The minimum absolute atomic E-state index is 1.08. The molecule has 0 aliphatic carbocycles. The molecule has 65 heavy (non-hydrogen) atoms. The first kappa shape index (κ1) is 38.2. The van der Waals surface area contributed by atoms with E-state index >= 15 is 0 Å². The summed E-state index contributed by atoms with van der Waals surface area (Å²) in [6.07, 6.45) is 0. The maximum atomic E-state index is 2.43. The molecule has 0 aliphatic rings. The second-order valence-corrected chi connectivity index (χ2v) is 16.9. The number of hydrogen-bond acceptors (Lipinski definition) is 1. The van der Waals surface area contributed by atoms with Crippen LogP contribution in [-0.4, -0.2) is 0 Å². The average molecular weight is 826 g/mol. The summed E-state index contributed by atoms with van der Waals surface area (Å²) in [6, 6.07) is 95.3. The average Bonchev–Trinajstić information content (AvgIpc) is 3.39. The molecule has 0 heterocycles. The topological polar surface area (TPSA) is 3.24 Å². The Hall–Kier alpha value is -8.52. The number of rotatable bonds is 8. The van der Waals surface area contributed by atoms with E-state index in [0.717, 1.165) is 22.6 Å². The zero-order valence-electron chi connectivity index (χ0n) is 35.8. The maximum absolute atomic E-state index is 2.43. The van der Waals surface area contributed by atoms with Crippen molar-refractivity contribution in [3.63, 3.8) is 0 Å². The van der Waals surface area contributed by atoms with Gasteiger partial charge in [-0.15, -0.1) is 0 Å². The van der Waals surface area contributed by atoms with Crippen molar-refractivity contribution >= 4 is 60.2 Å². The molecule has 0 aromatic heterocycles. The van der Waals surface area contributed by atoms with Crippen LogP contribution in [0.25, 0.3) is 98.7 Å². The number of nitrogens with zero attached hydrogens (tertiary/aromatic N) is 1. The molecule has 0 aliphatic heterocycles. The summed E-state index contributed by atoms with van der Waals surface area (Å²) in [5, 5.41) is 10.1. The molecule has 0 amide bonds. The fourth-order valence-electron chi connectivity index (χ4n) is 9.77. The smallest absolute Gasteiger partial charge is 0.0546 e. The molecular formula is C64H43N. The lowest BCUT2D eigenvalue weighted by Gasteiger charge is -2.29. The zero-order valence-corrected chi connectivity index (χ0v) is 35.8. The number of anilines is 3. The number of fused-ring (bicyclic) bond motifs is 5. The highest BCUT2D eigenvalue weighted by Crippen LogP contribution is 2.45. The molecule has 0 spiro atoms. The highest BCUT2D eigenvalue weighted by Gasteiger charge is 2.20. The highest BCUT2D eigenvalue weighted by molar-refractivity contribution is 6.08. The van der Waals surface area contributed by atoms with Gasteiger partial charge in [0, 0.05) is 16.9 Å². The normalized spacial score (nSPS) is 11.4. The SMILES string of the molecule is c1ccc(-c2ccc(-c3cccc4ccccc34)cc2N(c2ccc(-c3ccc(-c4cccc5ccccc45)cc3)cc2)c2ccc(-c3ccc4c(ccc5ccccc54)c3)cc2)cc1. The predicted molar refractivity (Wildman–Crippen MR) is 278 cm³/mol. The Morgan fingerprint density at radius 3 is 1.25 bits per heavy atom.